The van der Waals surface area contributed by atoms with Gasteiger partial charge in [-0.1, -0.05) is 73.5 Å². The Balaban J connectivity index is 1.41. The van der Waals surface area contributed by atoms with Crippen LogP contribution in [0, 0.1) is 0 Å². The number of amides is 2. The van der Waals surface area contributed by atoms with E-state index in [0.29, 0.717) is 23.7 Å². The van der Waals surface area contributed by atoms with Crippen molar-refractivity contribution in [2.75, 3.05) is 13.7 Å². The summed E-state index contributed by atoms with van der Waals surface area (Å²) in [5.74, 6) is -1.03. The van der Waals surface area contributed by atoms with E-state index in [1.54, 1.807) is 19.2 Å². The molecule has 2 unspecified atom stereocenters. The SMILES string of the molecule is CCCC(c1ccc(C(=O)NCCC(=O)O)cc1)C(C(=O)N1Cc2ccc(-c3ccc(OC)cc3)cc2C1)c1ccc(Cl)cc1. The number of carboxylic acid groups (broad SMARTS) is 1. The molecule has 0 saturated heterocycles. The first-order chi connectivity index (χ1) is 21.8. The molecule has 0 aromatic heterocycles. The maximum Gasteiger partial charge on any atom is 0.305 e. The first-order valence-electron chi connectivity index (χ1n) is 15.2. The Morgan fingerprint density at radius 2 is 1.51 bits per heavy atom. The Kier molecular flexibility index (Phi) is 10.2. The summed E-state index contributed by atoms with van der Waals surface area (Å²) in [6.45, 7) is 3.22. The number of aliphatic carboxylic acids is 1. The average molecular weight is 625 g/mol. The highest BCUT2D eigenvalue weighted by Gasteiger charge is 2.36. The number of nitrogens with zero attached hydrogens (tertiary/aromatic N) is 1. The monoisotopic (exact) mass is 624 g/mol. The van der Waals surface area contributed by atoms with Crippen molar-refractivity contribution in [2.45, 2.75) is 51.1 Å². The molecule has 0 bridgehead atoms. The predicted molar refractivity (Wildman–Crippen MR) is 176 cm³/mol. The summed E-state index contributed by atoms with van der Waals surface area (Å²) in [5.41, 5.74) is 6.76. The number of hydrogen-bond acceptors (Lipinski definition) is 4. The van der Waals surface area contributed by atoms with Crippen LogP contribution >= 0.6 is 11.6 Å². The minimum Gasteiger partial charge on any atom is -0.497 e. The molecule has 0 radical (unpaired) electrons. The van der Waals surface area contributed by atoms with Gasteiger partial charge in [0.15, 0.2) is 0 Å². The predicted octanol–water partition coefficient (Wildman–Crippen LogP) is 7.43. The van der Waals surface area contributed by atoms with Crippen molar-refractivity contribution in [3.63, 3.8) is 0 Å². The second-order valence-corrected chi connectivity index (χ2v) is 11.8. The number of fused-ring (bicyclic) bond motifs is 1. The Morgan fingerprint density at radius 1 is 0.867 bits per heavy atom. The smallest absolute Gasteiger partial charge is 0.305 e. The molecule has 0 fully saturated rings. The van der Waals surface area contributed by atoms with E-state index in [1.807, 2.05) is 65.6 Å². The second kappa shape index (κ2) is 14.4. The summed E-state index contributed by atoms with van der Waals surface area (Å²) in [6.07, 6.45) is 1.49. The lowest BCUT2D eigenvalue weighted by Gasteiger charge is -2.31. The molecule has 2 atom stereocenters. The number of carboxylic acids is 1. The molecule has 0 saturated carbocycles. The molecule has 4 aromatic carbocycles. The molecule has 2 N–H and O–H groups in total. The normalized spacial score (nSPS) is 13.5. The fourth-order valence-corrected chi connectivity index (χ4v) is 6.16. The number of hydrogen-bond donors (Lipinski definition) is 2. The largest absolute Gasteiger partial charge is 0.497 e. The Hall–Kier alpha value is -4.62. The van der Waals surface area contributed by atoms with Gasteiger partial charge in [0.25, 0.3) is 5.91 Å². The van der Waals surface area contributed by atoms with Crippen LogP contribution in [0.25, 0.3) is 11.1 Å². The molecule has 232 valence electrons. The van der Waals surface area contributed by atoms with E-state index in [-0.39, 0.29) is 30.7 Å². The second-order valence-electron chi connectivity index (χ2n) is 11.4. The van der Waals surface area contributed by atoms with E-state index in [9.17, 15) is 14.4 Å². The molecule has 8 heteroatoms. The van der Waals surface area contributed by atoms with Gasteiger partial charge in [-0.15, -0.1) is 0 Å². The number of benzene rings is 4. The maximum atomic E-state index is 14.5. The highest BCUT2D eigenvalue weighted by atomic mass is 35.5. The lowest BCUT2D eigenvalue weighted by Crippen LogP contribution is -2.34. The molecule has 5 rings (SSSR count). The van der Waals surface area contributed by atoms with Crippen LogP contribution in [-0.4, -0.2) is 41.4 Å². The number of halogens is 1. The molecule has 7 nitrogen and oxygen atoms in total. The number of ether oxygens (including phenoxy) is 1. The van der Waals surface area contributed by atoms with E-state index in [1.165, 1.54) is 0 Å². The Morgan fingerprint density at radius 3 is 2.16 bits per heavy atom. The number of rotatable bonds is 12. The fourth-order valence-electron chi connectivity index (χ4n) is 6.03. The number of nitrogens with one attached hydrogen (secondary N) is 1. The van der Waals surface area contributed by atoms with Gasteiger partial charge in [-0.25, -0.2) is 0 Å². The third-order valence-electron chi connectivity index (χ3n) is 8.39. The minimum atomic E-state index is -0.968. The highest BCUT2D eigenvalue weighted by Crippen LogP contribution is 2.40. The Bertz CT molecular complexity index is 1650. The number of carbonyl (C=O) groups excluding carboxylic acids is 2. The zero-order valence-electron chi connectivity index (χ0n) is 25.5. The molecular formula is C37H37ClN2O5. The van der Waals surface area contributed by atoms with Crippen molar-refractivity contribution in [1.82, 2.24) is 10.2 Å². The molecule has 0 spiro atoms. The summed E-state index contributed by atoms with van der Waals surface area (Å²) in [7, 11) is 1.65. The van der Waals surface area contributed by atoms with Crippen LogP contribution in [0.3, 0.4) is 0 Å². The lowest BCUT2D eigenvalue weighted by atomic mass is 9.77. The van der Waals surface area contributed by atoms with Crippen LogP contribution in [0.2, 0.25) is 5.02 Å². The third kappa shape index (κ3) is 7.55. The first kappa shape index (κ1) is 31.8. The Labute approximate surface area is 268 Å². The molecule has 0 aliphatic carbocycles. The van der Waals surface area contributed by atoms with Crippen LogP contribution in [0.4, 0.5) is 0 Å². The first-order valence-corrected chi connectivity index (χ1v) is 15.6. The van der Waals surface area contributed by atoms with Gasteiger partial charge in [0, 0.05) is 30.2 Å². The average Bonchev–Trinajstić information content (AvgIpc) is 3.49. The van der Waals surface area contributed by atoms with Crippen molar-refractivity contribution >= 4 is 29.4 Å². The topological polar surface area (TPSA) is 95.9 Å². The summed E-state index contributed by atoms with van der Waals surface area (Å²) < 4.78 is 5.30. The summed E-state index contributed by atoms with van der Waals surface area (Å²) in [4.78, 5) is 39.9. The third-order valence-corrected chi connectivity index (χ3v) is 8.64. The van der Waals surface area contributed by atoms with Gasteiger partial charge in [0.2, 0.25) is 5.91 Å². The molecule has 2 amide bonds. The standard InChI is InChI=1S/C37H37ClN2O5/c1-3-4-33(25-5-7-27(8-6-25)36(43)39-20-19-34(41)42)35(26-11-15-31(38)16-12-26)37(44)40-22-29-10-9-28(21-30(29)23-40)24-13-17-32(45-2)18-14-24/h5-18,21,33,35H,3-4,19-20,22-23H2,1-2H3,(H,39,43)(H,41,42). The molecule has 1 aliphatic rings. The van der Waals surface area contributed by atoms with Crippen molar-refractivity contribution in [3.8, 4) is 16.9 Å². The van der Waals surface area contributed by atoms with Crippen LogP contribution < -0.4 is 10.1 Å². The van der Waals surface area contributed by atoms with Crippen LogP contribution in [-0.2, 0) is 22.7 Å². The van der Waals surface area contributed by atoms with E-state index in [2.05, 4.69) is 30.4 Å². The zero-order valence-corrected chi connectivity index (χ0v) is 26.2. The molecular weight excluding hydrogens is 588 g/mol. The van der Waals surface area contributed by atoms with Crippen molar-refractivity contribution in [3.05, 3.63) is 124 Å². The van der Waals surface area contributed by atoms with E-state index in [0.717, 1.165) is 52.0 Å². The van der Waals surface area contributed by atoms with Gasteiger partial charge in [0.1, 0.15) is 5.75 Å². The summed E-state index contributed by atoms with van der Waals surface area (Å²) in [6, 6.07) is 29.2. The quantitative estimate of drug-likeness (QED) is 0.171. The molecule has 1 heterocycles. The van der Waals surface area contributed by atoms with Gasteiger partial charge >= 0.3 is 5.97 Å². The van der Waals surface area contributed by atoms with Gasteiger partial charge in [-0.05, 0) is 88.2 Å². The highest BCUT2D eigenvalue weighted by molar-refractivity contribution is 6.30. The van der Waals surface area contributed by atoms with Crippen molar-refractivity contribution < 1.29 is 24.2 Å². The van der Waals surface area contributed by atoms with Crippen LogP contribution in [0.1, 0.15) is 70.6 Å². The minimum absolute atomic E-state index is 0.0495. The molecule has 1 aliphatic heterocycles. The van der Waals surface area contributed by atoms with Gasteiger partial charge < -0.3 is 20.1 Å². The van der Waals surface area contributed by atoms with Crippen molar-refractivity contribution in [1.29, 1.82) is 0 Å². The van der Waals surface area contributed by atoms with Crippen LogP contribution in [0.5, 0.6) is 5.75 Å². The summed E-state index contributed by atoms with van der Waals surface area (Å²) in [5, 5.41) is 12.1. The van der Waals surface area contributed by atoms with E-state index in [4.69, 9.17) is 21.4 Å². The summed E-state index contributed by atoms with van der Waals surface area (Å²) >= 11 is 6.25. The van der Waals surface area contributed by atoms with Gasteiger partial charge in [0.05, 0.1) is 19.4 Å². The van der Waals surface area contributed by atoms with E-state index >= 15 is 0 Å². The fraction of sp³-hybridized carbons (Fsp3) is 0.270. The van der Waals surface area contributed by atoms with E-state index < -0.39 is 11.9 Å². The van der Waals surface area contributed by atoms with Gasteiger partial charge in [-0.2, -0.15) is 0 Å². The van der Waals surface area contributed by atoms with Gasteiger partial charge in [-0.3, -0.25) is 14.4 Å². The van der Waals surface area contributed by atoms with Crippen LogP contribution in [0.15, 0.2) is 91.0 Å². The zero-order chi connectivity index (χ0) is 31.9. The molecule has 45 heavy (non-hydrogen) atoms. The number of carbonyl (C=O) groups is 3. The maximum absolute atomic E-state index is 14.5. The number of methoxy groups -OCH3 is 1. The lowest BCUT2D eigenvalue weighted by molar-refractivity contribution is -0.137. The van der Waals surface area contributed by atoms with Crippen molar-refractivity contribution in [2.24, 2.45) is 0 Å². The molecule has 4 aromatic rings.